The van der Waals surface area contributed by atoms with E-state index in [2.05, 4.69) is 4.98 Å². The highest BCUT2D eigenvalue weighted by Crippen LogP contribution is 2.26. The molecule has 2 N–H and O–H groups in total. The lowest BCUT2D eigenvalue weighted by molar-refractivity contribution is -0.384. The number of pyridine rings is 1. The molecule has 0 unspecified atom stereocenters. The van der Waals surface area contributed by atoms with E-state index in [4.69, 9.17) is 15.2 Å². The summed E-state index contributed by atoms with van der Waals surface area (Å²) in [5.41, 5.74) is 5.58. The number of nitro groups is 1. The molecular weight excluding hydrogens is 276 g/mol. The van der Waals surface area contributed by atoms with Crippen LogP contribution in [0, 0.1) is 10.1 Å². The maximum absolute atomic E-state index is 11.1. The molecule has 1 aromatic rings. The van der Waals surface area contributed by atoms with E-state index < -0.39 is 4.92 Å². The van der Waals surface area contributed by atoms with Crippen LogP contribution in [0.1, 0.15) is 13.8 Å². The van der Waals surface area contributed by atoms with Crippen molar-refractivity contribution in [1.29, 1.82) is 0 Å². The van der Waals surface area contributed by atoms with Crippen molar-refractivity contribution in [2.24, 2.45) is 0 Å². The molecule has 1 heterocycles. The molecule has 0 aliphatic heterocycles. The Bertz CT molecular complexity index is 446. The summed E-state index contributed by atoms with van der Waals surface area (Å²) >= 11 is 0. The maximum Gasteiger partial charge on any atom is 0.311 e. The lowest BCUT2D eigenvalue weighted by atomic mass is 10.3. The molecule has 0 spiro atoms. The fraction of sp³-hybridized carbons (Fsp3) is 0.615. The van der Waals surface area contributed by atoms with Gasteiger partial charge in [0, 0.05) is 32.4 Å². The number of nitrogens with zero attached hydrogens (tertiary/aromatic N) is 3. The van der Waals surface area contributed by atoms with Crippen molar-refractivity contribution in [3.63, 3.8) is 0 Å². The second kappa shape index (κ2) is 9.09. The van der Waals surface area contributed by atoms with Crippen molar-refractivity contribution in [1.82, 2.24) is 4.98 Å². The first kappa shape index (κ1) is 17.1. The minimum absolute atomic E-state index is 0.0720. The molecule has 0 radical (unpaired) electrons. The van der Waals surface area contributed by atoms with Crippen molar-refractivity contribution >= 4 is 17.3 Å². The van der Waals surface area contributed by atoms with E-state index in [-0.39, 0.29) is 17.3 Å². The summed E-state index contributed by atoms with van der Waals surface area (Å²) in [5.74, 6) is 0.493. The Kier molecular flexibility index (Phi) is 7.41. The topological polar surface area (TPSA) is 104 Å². The summed E-state index contributed by atoms with van der Waals surface area (Å²) in [4.78, 5) is 16.5. The van der Waals surface area contributed by atoms with Gasteiger partial charge in [-0.1, -0.05) is 0 Å². The SMILES string of the molecule is CCOCCN(CCOCC)c1nc(N)ccc1[N+](=O)[O-]. The van der Waals surface area contributed by atoms with Gasteiger partial charge in [-0.2, -0.15) is 0 Å². The number of aromatic nitrogens is 1. The molecule has 0 aliphatic rings. The molecule has 118 valence electrons. The zero-order valence-corrected chi connectivity index (χ0v) is 12.4. The molecular formula is C13H22N4O4. The lowest BCUT2D eigenvalue weighted by Crippen LogP contribution is -2.32. The molecule has 0 amide bonds. The van der Waals surface area contributed by atoms with Gasteiger partial charge in [0.2, 0.25) is 5.82 Å². The molecule has 0 atom stereocenters. The maximum atomic E-state index is 11.1. The van der Waals surface area contributed by atoms with Crippen LogP contribution in [-0.2, 0) is 9.47 Å². The molecule has 0 aliphatic carbocycles. The summed E-state index contributed by atoms with van der Waals surface area (Å²) in [6.07, 6.45) is 0. The van der Waals surface area contributed by atoms with E-state index in [0.29, 0.717) is 39.5 Å². The molecule has 0 fully saturated rings. The van der Waals surface area contributed by atoms with Gasteiger partial charge in [0.1, 0.15) is 5.82 Å². The highest BCUT2D eigenvalue weighted by molar-refractivity contribution is 5.61. The average Bonchev–Trinajstić information content (AvgIpc) is 2.45. The van der Waals surface area contributed by atoms with Gasteiger partial charge in [-0.15, -0.1) is 0 Å². The van der Waals surface area contributed by atoms with Crippen molar-refractivity contribution in [2.75, 3.05) is 50.2 Å². The molecule has 1 aromatic heterocycles. The molecule has 8 nitrogen and oxygen atoms in total. The first-order valence-electron chi connectivity index (χ1n) is 6.91. The lowest BCUT2D eigenvalue weighted by Gasteiger charge is -2.23. The monoisotopic (exact) mass is 298 g/mol. The zero-order valence-electron chi connectivity index (χ0n) is 12.4. The zero-order chi connectivity index (χ0) is 15.7. The molecule has 0 saturated carbocycles. The van der Waals surface area contributed by atoms with Gasteiger partial charge in [-0.3, -0.25) is 10.1 Å². The molecule has 0 saturated heterocycles. The third-order valence-electron chi connectivity index (χ3n) is 2.79. The van der Waals surface area contributed by atoms with E-state index in [1.54, 1.807) is 4.90 Å². The Morgan fingerprint density at radius 3 is 2.29 bits per heavy atom. The third kappa shape index (κ3) is 5.52. The van der Waals surface area contributed by atoms with E-state index >= 15 is 0 Å². The fourth-order valence-corrected chi connectivity index (χ4v) is 1.79. The summed E-state index contributed by atoms with van der Waals surface area (Å²) in [7, 11) is 0. The average molecular weight is 298 g/mol. The van der Waals surface area contributed by atoms with Crippen LogP contribution < -0.4 is 10.6 Å². The van der Waals surface area contributed by atoms with E-state index in [1.807, 2.05) is 13.8 Å². The first-order valence-corrected chi connectivity index (χ1v) is 6.91. The minimum atomic E-state index is -0.462. The minimum Gasteiger partial charge on any atom is -0.384 e. The van der Waals surface area contributed by atoms with Crippen LogP contribution in [0.25, 0.3) is 0 Å². The first-order chi connectivity index (χ1) is 10.1. The highest BCUT2D eigenvalue weighted by atomic mass is 16.6. The van der Waals surface area contributed by atoms with Crippen molar-refractivity contribution in [2.45, 2.75) is 13.8 Å². The van der Waals surface area contributed by atoms with Gasteiger partial charge in [-0.05, 0) is 19.9 Å². The van der Waals surface area contributed by atoms with Crippen molar-refractivity contribution in [3.8, 4) is 0 Å². The third-order valence-corrected chi connectivity index (χ3v) is 2.79. The second-order valence-electron chi connectivity index (χ2n) is 4.22. The van der Waals surface area contributed by atoms with Gasteiger partial charge < -0.3 is 20.1 Å². The van der Waals surface area contributed by atoms with Crippen LogP contribution in [0.3, 0.4) is 0 Å². The Labute approximate surface area is 124 Å². The van der Waals surface area contributed by atoms with Gasteiger partial charge in [0.15, 0.2) is 0 Å². The Morgan fingerprint density at radius 1 is 1.24 bits per heavy atom. The Balaban J connectivity index is 2.93. The molecule has 8 heteroatoms. The molecule has 0 aromatic carbocycles. The van der Waals surface area contributed by atoms with Gasteiger partial charge >= 0.3 is 5.69 Å². The van der Waals surface area contributed by atoms with Gasteiger partial charge in [0.25, 0.3) is 0 Å². The number of nitrogen functional groups attached to an aromatic ring is 1. The van der Waals surface area contributed by atoms with Crippen LogP contribution in [-0.4, -0.2) is 49.4 Å². The van der Waals surface area contributed by atoms with E-state index in [9.17, 15) is 10.1 Å². The van der Waals surface area contributed by atoms with Crippen LogP contribution in [0.15, 0.2) is 12.1 Å². The smallest absolute Gasteiger partial charge is 0.311 e. The Hall–Kier alpha value is -1.93. The molecule has 1 rings (SSSR count). The highest BCUT2D eigenvalue weighted by Gasteiger charge is 2.21. The normalized spacial score (nSPS) is 10.6. The van der Waals surface area contributed by atoms with E-state index in [0.717, 1.165) is 0 Å². The molecule has 21 heavy (non-hydrogen) atoms. The standard InChI is InChI=1S/C13H22N4O4/c1-3-20-9-7-16(8-10-21-4-2)13-11(17(18)19)5-6-12(14)15-13/h5-6H,3-4,7-10H2,1-2H3,(H2,14,15). The number of nitrogens with two attached hydrogens (primary N) is 1. The van der Waals surface area contributed by atoms with Crippen LogP contribution in [0.5, 0.6) is 0 Å². The Morgan fingerprint density at radius 2 is 1.81 bits per heavy atom. The number of anilines is 2. The number of rotatable bonds is 10. The van der Waals surface area contributed by atoms with Gasteiger partial charge in [-0.25, -0.2) is 4.98 Å². The second-order valence-corrected chi connectivity index (χ2v) is 4.22. The van der Waals surface area contributed by atoms with Gasteiger partial charge in [0.05, 0.1) is 18.1 Å². The van der Waals surface area contributed by atoms with Crippen LogP contribution in [0.2, 0.25) is 0 Å². The predicted molar refractivity (Wildman–Crippen MR) is 80.5 cm³/mol. The van der Waals surface area contributed by atoms with Crippen LogP contribution in [0.4, 0.5) is 17.3 Å². The summed E-state index contributed by atoms with van der Waals surface area (Å²) in [6.45, 7) is 6.85. The number of hydrogen-bond donors (Lipinski definition) is 1. The largest absolute Gasteiger partial charge is 0.384 e. The predicted octanol–water partition coefficient (Wildman–Crippen LogP) is 1.45. The summed E-state index contributed by atoms with van der Waals surface area (Å²) in [6, 6.07) is 2.79. The quantitative estimate of drug-likeness (QED) is 0.396. The molecule has 0 bridgehead atoms. The summed E-state index contributed by atoms with van der Waals surface area (Å²) in [5, 5.41) is 11.1. The number of hydrogen-bond acceptors (Lipinski definition) is 7. The van der Waals surface area contributed by atoms with Crippen molar-refractivity contribution < 1.29 is 14.4 Å². The van der Waals surface area contributed by atoms with Crippen LogP contribution >= 0.6 is 0 Å². The van der Waals surface area contributed by atoms with Crippen molar-refractivity contribution in [3.05, 3.63) is 22.2 Å². The number of ether oxygens (including phenoxy) is 2. The summed E-state index contributed by atoms with van der Waals surface area (Å²) < 4.78 is 10.6. The fourth-order valence-electron chi connectivity index (χ4n) is 1.79. The van der Waals surface area contributed by atoms with E-state index in [1.165, 1.54) is 12.1 Å².